The van der Waals surface area contributed by atoms with Crippen molar-refractivity contribution in [1.82, 2.24) is 15.2 Å². The van der Waals surface area contributed by atoms with E-state index in [1.165, 1.54) is 0 Å². The van der Waals surface area contributed by atoms with Gasteiger partial charge in [0.1, 0.15) is 0 Å². The molecule has 1 aromatic carbocycles. The molecular formula is C21H26ClN3O. The number of halogens is 1. The topological polar surface area (TPSA) is 45.2 Å². The van der Waals surface area contributed by atoms with Gasteiger partial charge in [-0.05, 0) is 68.7 Å². The number of likely N-dealkylation sites (tertiary alicyclic amines) is 1. The Morgan fingerprint density at radius 2 is 1.96 bits per heavy atom. The van der Waals surface area contributed by atoms with E-state index < -0.39 is 0 Å². The molecule has 1 fully saturated rings. The number of amides is 1. The van der Waals surface area contributed by atoms with Crippen LogP contribution in [0.4, 0.5) is 0 Å². The molecule has 2 heterocycles. The van der Waals surface area contributed by atoms with E-state index in [2.05, 4.69) is 22.1 Å². The van der Waals surface area contributed by atoms with Crippen molar-refractivity contribution in [2.75, 3.05) is 19.6 Å². The van der Waals surface area contributed by atoms with Gasteiger partial charge in [0.2, 0.25) is 5.91 Å². The summed E-state index contributed by atoms with van der Waals surface area (Å²) in [5.74, 6) is 0.183. The maximum Gasteiger partial charge on any atom is 0.224 e. The largest absolute Gasteiger partial charge is 0.343 e. The van der Waals surface area contributed by atoms with Gasteiger partial charge in [0.15, 0.2) is 0 Å². The molecule has 1 amide bonds. The number of piperidine rings is 1. The standard InChI is InChI=1S/C21H26ClN3O/c1-3-25-13-10-17(11-14-25)21(26)24-20(16-6-8-18(22)9-7-16)19-15(2)5-4-12-23-19/h4-9,12,17,20H,3,10-11,13-14H2,1-2H3,(H,24,26). The third-order valence-corrected chi connectivity index (χ3v) is 5.47. The number of rotatable bonds is 5. The predicted octanol–water partition coefficient (Wildman–Crippen LogP) is 3.98. The number of hydrogen-bond donors (Lipinski definition) is 1. The number of pyridine rings is 1. The van der Waals surface area contributed by atoms with Crippen molar-refractivity contribution in [3.63, 3.8) is 0 Å². The zero-order valence-corrected chi connectivity index (χ0v) is 16.2. The van der Waals surface area contributed by atoms with Crippen molar-refractivity contribution in [3.05, 3.63) is 64.4 Å². The highest BCUT2D eigenvalue weighted by Crippen LogP contribution is 2.26. The van der Waals surface area contributed by atoms with Crippen molar-refractivity contribution in [3.8, 4) is 0 Å². The van der Waals surface area contributed by atoms with Crippen LogP contribution in [0.2, 0.25) is 5.02 Å². The van der Waals surface area contributed by atoms with Gasteiger partial charge in [-0.3, -0.25) is 9.78 Å². The first-order valence-electron chi connectivity index (χ1n) is 9.28. The van der Waals surface area contributed by atoms with Crippen LogP contribution in [0.15, 0.2) is 42.6 Å². The Morgan fingerprint density at radius 1 is 1.27 bits per heavy atom. The van der Waals surface area contributed by atoms with Crippen LogP contribution >= 0.6 is 11.6 Å². The summed E-state index contributed by atoms with van der Waals surface area (Å²) in [5, 5.41) is 3.93. The minimum absolute atomic E-state index is 0.0663. The first-order chi connectivity index (χ1) is 12.6. The molecule has 4 nitrogen and oxygen atoms in total. The van der Waals surface area contributed by atoms with Crippen LogP contribution in [-0.2, 0) is 4.79 Å². The second-order valence-electron chi connectivity index (χ2n) is 6.91. The van der Waals surface area contributed by atoms with Crippen LogP contribution < -0.4 is 5.32 Å². The molecule has 0 aliphatic carbocycles. The molecule has 1 unspecified atom stereocenters. The quantitative estimate of drug-likeness (QED) is 0.864. The minimum atomic E-state index is -0.259. The maximum atomic E-state index is 12.9. The lowest BCUT2D eigenvalue weighted by molar-refractivity contribution is -0.127. The molecule has 1 saturated heterocycles. The number of aromatic nitrogens is 1. The lowest BCUT2D eigenvalue weighted by Gasteiger charge is -2.31. The minimum Gasteiger partial charge on any atom is -0.343 e. The number of benzene rings is 1. The zero-order chi connectivity index (χ0) is 18.5. The highest BCUT2D eigenvalue weighted by atomic mass is 35.5. The molecule has 1 aliphatic rings. The van der Waals surface area contributed by atoms with Crippen LogP contribution in [-0.4, -0.2) is 35.4 Å². The van der Waals surface area contributed by atoms with Gasteiger partial charge in [-0.25, -0.2) is 0 Å². The number of nitrogens with zero attached hydrogens (tertiary/aromatic N) is 2. The fraction of sp³-hybridized carbons (Fsp3) is 0.429. The molecule has 26 heavy (non-hydrogen) atoms. The Balaban J connectivity index is 1.81. The molecule has 1 N–H and O–H groups in total. The van der Waals surface area contributed by atoms with Crippen LogP contribution in [0, 0.1) is 12.8 Å². The Hall–Kier alpha value is -1.91. The summed E-state index contributed by atoms with van der Waals surface area (Å²) in [6, 6.07) is 11.3. The van der Waals surface area contributed by atoms with Crippen LogP contribution in [0.5, 0.6) is 0 Å². The van der Waals surface area contributed by atoms with E-state index in [4.69, 9.17) is 11.6 Å². The fourth-order valence-corrected chi connectivity index (χ4v) is 3.66. The Kier molecular flexibility index (Phi) is 6.28. The molecule has 2 aromatic rings. The Bertz CT molecular complexity index is 739. The van der Waals surface area contributed by atoms with Crippen molar-refractivity contribution in [2.45, 2.75) is 32.7 Å². The average Bonchev–Trinajstić information content (AvgIpc) is 2.67. The van der Waals surface area contributed by atoms with Crippen molar-refractivity contribution in [2.24, 2.45) is 5.92 Å². The van der Waals surface area contributed by atoms with Gasteiger partial charge < -0.3 is 10.2 Å². The molecule has 0 saturated carbocycles. The average molecular weight is 372 g/mol. The van der Waals surface area contributed by atoms with E-state index in [0.29, 0.717) is 5.02 Å². The van der Waals surface area contributed by atoms with Gasteiger partial charge in [-0.2, -0.15) is 0 Å². The molecule has 3 rings (SSSR count). The number of carbonyl (C=O) groups excluding carboxylic acids is 1. The normalized spacial score (nSPS) is 17.0. The molecule has 138 valence electrons. The summed E-state index contributed by atoms with van der Waals surface area (Å²) in [6.07, 6.45) is 3.60. The van der Waals surface area contributed by atoms with Gasteiger partial charge >= 0.3 is 0 Å². The summed E-state index contributed by atoms with van der Waals surface area (Å²) >= 11 is 6.04. The summed E-state index contributed by atoms with van der Waals surface area (Å²) in [7, 11) is 0. The Labute approximate surface area is 160 Å². The van der Waals surface area contributed by atoms with Gasteiger partial charge in [0.25, 0.3) is 0 Å². The van der Waals surface area contributed by atoms with Crippen LogP contribution in [0.25, 0.3) is 0 Å². The van der Waals surface area contributed by atoms with Gasteiger partial charge in [-0.15, -0.1) is 0 Å². The highest BCUT2D eigenvalue weighted by Gasteiger charge is 2.27. The monoisotopic (exact) mass is 371 g/mol. The Morgan fingerprint density at radius 3 is 2.58 bits per heavy atom. The van der Waals surface area contributed by atoms with Crippen LogP contribution in [0.1, 0.15) is 42.6 Å². The van der Waals surface area contributed by atoms with Gasteiger partial charge in [0, 0.05) is 17.1 Å². The summed E-state index contributed by atoms with van der Waals surface area (Å²) in [6.45, 7) is 7.22. The molecule has 0 radical (unpaired) electrons. The first-order valence-corrected chi connectivity index (χ1v) is 9.66. The second-order valence-corrected chi connectivity index (χ2v) is 7.34. The van der Waals surface area contributed by atoms with E-state index >= 15 is 0 Å². The van der Waals surface area contributed by atoms with Crippen molar-refractivity contribution in [1.29, 1.82) is 0 Å². The number of aryl methyl sites for hydroxylation is 1. The fourth-order valence-electron chi connectivity index (χ4n) is 3.54. The first kappa shape index (κ1) is 18.9. The molecule has 0 bridgehead atoms. The third-order valence-electron chi connectivity index (χ3n) is 5.22. The SMILES string of the molecule is CCN1CCC(C(=O)NC(c2ccc(Cl)cc2)c2ncccc2C)CC1. The number of nitrogens with one attached hydrogen (secondary N) is 1. The number of hydrogen-bond acceptors (Lipinski definition) is 3. The van der Waals surface area contributed by atoms with Crippen molar-refractivity contribution >= 4 is 17.5 Å². The van der Waals surface area contributed by atoms with Crippen LogP contribution in [0.3, 0.4) is 0 Å². The lowest BCUT2D eigenvalue weighted by atomic mass is 9.94. The van der Waals surface area contributed by atoms with E-state index in [0.717, 1.165) is 49.3 Å². The molecular weight excluding hydrogens is 346 g/mol. The second kappa shape index (κ2) is 8.65. The molecule has 5 heteroatoms. The van der Waals surface area contributed by atoms with Crippen molar-refractivity contribution < 1.29 is 4.79 Å². The van der Waals surface area contributed by atoms with E-state index in [1.54, 1.807) is 6.20 Å². The summed E-state index contributed by atoms with van der Waals surface area (Å²) in [4.78, 5) is 19.9. The van der Waals surface area contributed by atoms with E-state index in [1.807, 2.05) is 43.3 Å². The molecule has 0 spiro atoms. The highest BCUT2D eigenvalue weighted by molar-refractivity contribution is 6.30. The smallest absolute Gasteiger partial charge is 0.224 e. The molecule has 1 aliphatic heterocycles. The number of carbonyl (C=O) groups is 1. The third kappa shape index (κ3) is 4.43. The molecule has 1 atom stereocenters. The predicted molar refractivity (Wildman–Crippen MR) is 105 cm³/mol. The van der Waals surface area contributed by atoms with E-state index in [-0.39, 0.29) is 17.9 Å². The lowest BCUT2D eigenvalue weighted by Crippen LogP contribution is -2.41. The maximum absolute atomic E-state index is 12.9. The van der Waals surface area contributed by atoms with Gasteiger partial charge in [-0.1, -0.05) is 36.7 Å². The summed E-state index contributed by atoms with van der Waals surface area (Å²) < 4.78 is 0. The molecule has 1 aromatic heterocycles. The van der Waals surface area contributed by atoms with E-state index in [9.17, 15) is 4.79 Å². The summed E-state index contributed by atoms with van der Waals surface area (Å²) in [5.41, 5.74) is 2.94. The zero-order valence-electron chi connectivity index (χ0n) is 15.4. The van der Waals surface area contributed by atoms with Gasteiger partial charge in [0.05, 0.1) is 11.7 Å².